The topological polar surface area (TPSA) is 102 Å². The highest BCUT2D eigenvalue weighted by atomic mass is 16.6. The van der Waals surface area contributed by atoms with Crippen LogP contribution >= 0.6 is 0 Å². The van der Waals surface area contributed by atoms with E-state index in [2.05, 4.69) is 5.32 Å². The minimum absolute atomic E-state index is 0.135. The van der Waals surface area contributed by atoms with Crippen LogP contribution < -0.4 is 5.32 Å². The van der Waals surface area contributed by atoms with E-state index in [4.69, 9.17) is 14.6 Å². The first kappa shape index (κ1) is 21.5. The maximum atomic E-state index is 12.4. The van der Waals surface area contributed by atoms with Crippen LogP contribution in [-0.2, 0) is 20.7 Å². The van der Waals surface area contributed by atoms with Crippen molar-refractivity contribution in [2.75, 3.05) is 7.11 Å². The smallest absolute Gasteiger partial charge is 0.408 e. The first-order valence-electron chi connectivity index (χ1n) is 8.22. The number of ether oxygens (including phenoxy) is 2. The van der Waals surface area contributed by atoms with Gasteiger partial charge in [0.1, 0.15) is 11.1 Å². The molecule has 1 aromatic carbocycles. The van der Waals surface area contributed by atoms with Crippen molar-refractivity contribution in [3.8, 4) is 0 Å². The number of carboxylic acid groups (broad SMARTS) is 1. The Bertz CT molecular complexity index is 696. The van der Waals surface area contributed by atoms with Gasteiger partial charge in [-0.3, -0.25) is 0 Å². The third kappa shape index (κ3) is 5.47. The van der Waals surface area contributed by atoms with Crippen LogP contribution in [0.4, 0.5) is 4.79 Å². The highest BCUT2D eigenvalue weighted by Gasteiger charge is 2.38. The van der Waals surface area contributed by atoms with E-state index >= 15 is 0 Å². The van der Waals surface area contributed by atoms with E-state index in [9.17, 15) is 14.4 Å². The number of amides is 1. The van der Waals surface area contributed by atoms with E-state index in [0.29, 0.717) is 11.1 Å². The summed E-state index contributed by atoms with van der Waals surface area (Å²) in [6.07, 6.45) is -0.598. The molecule has 26 heavy (non-hydrogen) atoms. The minimum Gasteiger partial charge on any atom is -0.478 e. The Morgan fingerprint density at radius 2 is 1.58 bits per heavy atom. The van der Waals surface area contributed by atoms with Crippen LogP contribution in [0.25, 0.3) is 0 Å². The summed E-state index contributed by atoms with van der Waals surface area (Å²) in [6.45, 7) is 10.2. The molecule has 1 atom stereocenters. The van der Waals surface area contributed by atoms with Crippen LogP contribution in [0.5, 0.6) is 0 Å². The summed E-state index contributed by atoms with van der Waals surface area (Å²) in [5, 5.41) is 11.8. The number of esters is 1. The number of carboxylic acids is 1. The van der Waals surface area contributed by atoms with Gasteiger partial charge in [0, 0.05) is 6.42 Å². The molecule has 0 aliphatic rings. The number of rotatable bonds is 5. The summed E-state index contributed by atoms with van der Waals surface area (Å²) in [6, 6.07) is 3.08. The molecule has 0 aromatic heterocycles. The van der Waals surface area contributed by atoms with Crippen LogP contribution in [-0.4, -0.2) is 41.4 Å². The molecule has 0 unspecified atom stereocenters. The van der Waals surface area contributed by atoms with Crippen LogP contribution in [0, 0.1) is 13.8 Å². The Balaban J connectivity index is 3.22. The summed E-state index contributed by atoms with van der Waals surface area (Å²) >= 11 is 0. The number of alkyl carbamates (subject to hydrolysis) is 1. The highest BCUT2D eigenvalue weighted by molar-refractivity contribution is 5.89. The van der Waals surface area contributed by atoms with Gasteiger partial charge in [-0.05, 0) is 70.4 Å². The summed E-state index contributed by atoms with van der Waals surface area (Å²) in [7, 11) is 1.24. The average molecular weight is 365 g/mol. The summed E-state index contributed by atoms with van der Waals surface area (Å²) in [4.78, 5) is 35.7. The quantitative estimate of drug-likeness (QED) is 0.778. The molecular formula is C19H27NO6. The van der Waals surface area contributed by atoms with Crippen molar-refractivity contribution in [1.82, 2.24) is 5.32 Å². The number of aryl methyl sites for hydroxylation is 2. The number of aromatic carboxylic acids is 1. The van der Waals surface area contributed by atoms with Crippen molar-refractivity contribution >= 4 is 18.0 Å². The lowest BCUT2D eigenvalue weighted by Crippen LogP contribution is -2.55. The number of carbonyl (C=O) groups excluding carboxylic acids is 2. The maximum absolute atomic E-state index is 12.4. The lowest BCUT2D eigenvalue weighted by molar-refractivity contribution is -0.147. The van der Waals surface area contributed by atoms with Crippen molar-refractivity contribution < 1.29 is 29.0 Å². The van der Waals surface area contributed by atoms with E-state index in [0.717, 1.165) is 5.56 Å². The Kier molecular flexibility index (Phi) is 6.41. The first-order chi connectivity index (χ1) is 11.8. The van der Waals surface area contributed by atoms with Crippen LogP contribution in [0.1, 0.15) is 54.7 Å². The van der Waals surface area contributed by atoms with Crippen molar-refractivity contribution in [2.45, 2.75) is 59.1 Å². The molecule has 0 bridgehead atoms. The lowest BCUT2D eigenvalue weighted by Gasteiger charge is -2.30. The molecule has 0 saturated carbocycles. The van der Waals surface area contributed by atoms with Gasteiger partial charge in [0.25, 0.3) is 0 Å². The van der Waals surface area contributed by atoms with Crippen molar-refractivity contribution in [3.63, 3.8) is 0 Å². The molecule has 7 heteroatoms. The SMILES string of the molecule is COC(=O)[C@@](C)(Cc1c(C)cc(C(=O)O)cc1C)NC(=O)OC(C)(C)C. The number of nitrogens with one attached hydrogen (secondary N) is 1. The minimum atomic E-state index is -1.36. The second-order valence-corrected chi connectivity index (χ2v) is 7.52. The van der Waals surface area contributed by atoms with Crippen LogP contribution in [0.3, 0.4) is 0 Å². The molecule has 0 radical (unpaired) electrons. The van der Waals surface area contributed by atoms with Crippen LogP contribution in [0.15, 0.2) is 12.1 Å². The monoisotopic (exact) mass is 365 g/mol. The second kappa shape index (κ2) is 7.76. The van der Waals surface area contributed by atoms with E-state index in [1.807, 2.05) is 0 Å². The summed E-state index contributed by atoms with van der Waals surface area (Å²) < 4.78 is 10.1. The molecule has 1 rings (SSSR count). The van der Waals surface area contributed by atoms with Crippen molar-refractivity contribution in [2.24, 2.45) is 0 Å². The molecule has 0 fully saturated rings. The molecule has 0 saturated heterocycles. The molecule has 2 N–H and O–H groups in total. The number of methoxy groups -OCH3 is 1. The van der Waals surface area contributed by atoms with Crippen LogP contribution in [0.2, 0.25) is 0 Å². The molecule has 0 spiro atoms. The fourth-order valence-corrected chi connectivity index (χ4v) is 2.67. The molecular weight excluding hydrogens is 338 g/mol. The first-order valence-corrected chi connectivity index (χ1v) is 8.22. The van der Waals surface area contributed by atoms with Gasteiger partial charge in [0.05, 0.1) is 12.7 Å². The summed E-state index contributed by atoms with van der Waals surface area (Å²) in [5.41, 5.74) is 0.280. The Morgan fingerprint density at radius 1 is 1.08 bits per heavy atom. The number of carbonyl (C=O) groups is 3. The molecule has 1 amide bonds. The Hall–Kier alpha value is -2.57. The molecule has 7 nitrogen and oxygen atoms in total. The Labute approximate surface area is 153 Å². The Morgan fingerprint density at radius 3 is 1.96 bits per heavy atom. The fourth-order valence-electron chi connectivity index (χ4n) is 2.67. The van der Waals surface area contributed by atoms with Gasteiger partial charge in [0.2, 0.25) is 0 Å². The summed E-state index contributed by atoms with van der Waals surface area (Å²) in [5.74, 6) is -1.64. The molecule has 0 aliphatic heterocycles. The molecule has 0 heterocycles. The van der Waals surface area contributed by atoms with E-state index in [1.54, 1.807) is 41.5 Å². The van der Waals surface area contributed by atoms with Gasteiger partial charge >= 0.3 is 18.0 Å². The zero-order chi connectivity index (χ0) is 20.3. The number of hydrogen-bond donors (Lipinski definition) is 2. The predicted molar refractivity (Wildman–Crippen MR) is 96.4 cm³/mol. The number of hydrogen-bond acceptors (Lipinski definition) is 5. The third-order valence-corrected chi connectivity index (χ3v) is 3.89. The van der Waals surface area contributed by atoms with E-state index < -0.39 is 29.2 Å². The van der Waals surface area contributed by atoms with Gasteiger partial charge in [-0.25, -0.2) is 14.4 Å². The van der Waals surface area contributed by atoms with Gasteiger partial charge in [-0.15, -0.1) is 0 Å². The van der Waals surface area contributed by atoms with E-state index in [-0.39, 0.29) is 12.0 Å². The molecule has 144 valence electrons. The van der Waals surface area contributed by atoms with Gasteiger partial charge in [0.15, 0.2) is 0 Å². The highest BCUT2D eigenvalue weighted by Crippen LogP contribution is 2.24. The van der Waals surface area contributed by atoms with Gasteiger partial charge in [-0.1, -0.05) is 0 Å². The largest absolute Gasteiger partial charge is 0.478 e. The van der Waals surface area contributed by atoms with Gasteiger partial charge in [-0.2, -0.15) is 0 Å². The zero-order valence-electron chi connectivity index (χ0n) is 16.4. The van der Waals surface area contributed by atoms with E-state index in [1.165, 1.54) is 19.2 Å². The predicted octanol–water partition coefficient (Wildman–Crippen LogP) is 3.00. The fraction of sp³-hybridized carbons (Fsp3) is 0.526. The van der Waals surface area contributed by atoms with Crippen molar-refractivity contribution in [1.29, 1.82) is 0 Å². The second-order valence-electron chi connectivity index (χ2n) is 7.52. The molecule has 1 aromatic rings. The standard InChI is InChI=1S/C19H27NO6/c1-11-8-13(15(21)22)9-12(2)14(11)10-19(6,16(23)25-7)20-17(24)26-18(3,4)5/h8-9H,10H2,1-7H3,(H,20,24)(H,21,22)/t19-/m1/s1. The third-order valence-electron chi connectivity index (χ3n) is 3.89. The average Bonchev–Trinajstić information content (AvgIpc) is 2.47. The van der Waals surface area contributed by atoms with Gasteiger partial charge < -0.3 is 19.9 Å². The van der Waals surface area contributed by atoms with Crippen molar-refractivity contribution in [3.05, 3.63) is 34.4 Å². The normalized spacial score (nSPS) is 13.5. The molecule has 0 aliphatic carbocycles. The maximum Gasteiger partial charge on any atom is 0.408 e. The lowest BCUT2D eigenvalue weighted by atomic mass is 9.87. The number of benzene rings is 1. The zero-order valence-corrected chi connectivity index (χ0v) is 16.4.